The molecule has 1 saturated heterocycles. The van der Waals surface area contributed by atoms with E-state index in [9.17, 15) is 34.4 Å². The summed E-state index contributed by atoms with van der Waals surface area (Å²) in [5.74, 6) is -1.39. The number of quaternary nitrogens is 1. The molecule has 0 bridgehead atoms. The molecule has 4 N–H and O–H groups in total. The number of nitrogens with zero attached hydrogens (tertiary/aromatic N) is 1. The molecule has 14 heteroatoms. The number of hydrogen-bond acceptors (Lipinski definition) is 11. The molecule has 2 unspecified atom stereocenters. The summed E-state index contributed by atoms with van der Waals surface area (Å²) in [6.07, 6.45) is 35.5. The summed E-state index contributed by atoms with van der Waals surface area (Å²) >= 11 is 0. The van der Waals surface area contributed by atoms with E-state index < -0.39 is 57.1 Å². The van der Waals surface area contributed by atoms with Gasteiger partial charge in [0.15, 0.2) is 12.4 Å². The fourth-order valence-corrected chi connectivity index (χ4v) is 6.83. The van der Waals surface area contributed by atoms with Crippen molar-refractivity contribution in [1.82, 2.24) is 0 Å². The summed E-state index contributed by atoms with van der Waals surface area (Å²) in [6.45, 7) is 3.79. The molecule has 1 heterocycles. The molecule has 1 aliphatic heterocycles. The highest BCUT2D eigenvalue weighted by Gasteiger charge is 2.35. The number of carbonyl (C=O) groups is 2. The van der Waals surface area contributed by atoms with Crippen LogP contribution < -0.4 is 0 Å². The number of ether oxygens (including phenoxy) is 3. The van der Waals surface area contributed by atoms with Gasteiger partial charge in [0.1, 0.15) is 19.8 Å². The van der Waals surface area contributed by atoms with Crippen LogP contribution in [-0.4, -0.2) is 115 Å². The van der Waals surface area contributed by atoms with Crippen LogP contribution in [0, 0.1) is 5.92 Å². The van der Waals surface area contributed by atoms with Crippen molar-refractivity contribution in [2.45, 2.75) is 154 Å². The van der Waals surface area contributed by atoms with Gasteiger partial charge in [-0.05, 0) is 70.6 Å². The third-order valence-electron chi connectivity index (χ3n) is 9.70. The lowest BCUT2D eigenvalue weighted by Crippen LogP contribution is -2.43. The maximum absolute atomic E-state index is 12.7. The van der Waals surface area contributed by atoms with E-state index in [0.29, 0.717) is 49.6 Å². The summed E-state index contributed by atoms with van der Waals surface area (Å²) in [6, 6.07) is 0. The van der Waals surface area contributed by atoms with Gasteiger partial charge in [-0.3, -0.25) is 18.6 Å². The molecule has 7 atom stereocenters. The predicted octanol–water partition coefficient (Wildman–Crippen LogP) is 8.90. The third-order valence-corrected chi connectivity index (χ3v) is 10.7. The molecule has 0 aliphatic carbocycles. The van der Waals surface area contributed by atoms with Gasteiger partial charge in [-0.2, -0.15) is 0 Å². The molecule has 0 aromatic heterocycles. The van der Waals surface area contributed by atoms with Gasteiger partial charge in [0, 0.05) is 25.2 Å². The van der Waals surface area contributed by atoms with Crippen molar-refractivity contribution in [3.8, 4) is 0 Å². The van der Waals surface area contributed by atoms with Gasteiger partial charge in [0.25, 0.3) is 0 Å². The van der Waals surface area contributed by atoms with Gasteiger partial charge < -0.3 is 38.9 Å². The molecular weight excluding hydrogens is 813 g/mol. The standard InChI is InChI=1S/C48H80NO12P/c1-6-8-10-11-12-13-14-15-16-17-18-19-20-21-22-23-29-33-47(53)60-42(40-59-62(55,56)58-37-36-49(3,4)5)39-57-46(52)32-28-25-24-27-31-43-44(51)38-48(54)61-45(43)35-34-41(50)30-26-9-7-2/h8,10,12-13,15-16,18-19,21-22,24,27,34-35,41-45,48,50-51,54H,6-7,9,11,14,17,20,23,25-26,28-33,36-40H2,1-5H3/p+1/b10-8-,13-12-,16-15-,19-18-,22-21-,27-24-,35-34+/t41-,42+,43-,44-,45+,48?/m0/s1. The van der Waals surface area contributed by atoms with Crippen molar-refractivity contribution in [2.24, 2.45) is 5.92 Å². The van der Waals surface area contributed by atoms with Gasteiger partial charge in [0.05, 0.1) is 46.1 Å². The molecule has 0 aromatic carbocycles. The number of carbonyl (C=O) groups excluding carboxylic acids is 2. The normalized spacial score (nSPS) is 21.0. The van der Waals surface area contributed by atoms with E-state index in [1.807, 2.05) is 45.4 Å². The van der Waals surface area contributed by atoms with E-state index in [2.05, 4.69) is 62.5 Å². The first kappa shape index (κ1) is 57.0. The number of aliphatic hydroxyl groups is 3. The average Bonchev–Trinajstić information content (AvgIpc) is 3.20. The van der Waals surface area contributed by atoms with Gasteiger partial charge in [-0.25, -0.2) is 4.57 Å². The van der Waals surface area contributed by atoms with Crippen LogP contribution in [0.15, 0.2) is 85.1 Å². The Balaban J connectivity index is 2.57. The number of allylic oxidation sites excluding steroid dienone is 12. The Bertz CT molecular complexity index is 1450. The number of likely N-dealkylation sites (N-methyl/N-ethyl adjacent to an activating group) is 1. The summed E-state index contributed by atoms with van der Waals surface area (Å²) in [7, 11) is 1.27. The van der Waals surface area contributed by atoms with E-state index in [4.69, 9.17) is 23.3 Å². The zero-order chi connectivity index (χ0) is 45.9. The molecule has 354 valence electrons. The molecule has 1 rings (SSSR count). The van der Waals surface area contributed by atoms with Crippen molar-refractivity contribution in [1.29, 1.82) is 0 Å². The number of esters is 2. The molecule has 1 fully saturated rings. The van der Waals surface area contributed by atoms with Crippen LogP contribution in [0.3, 0.4) is 0 Å². The minimum absolute atomic E-state index is 0.0277. The summed E-state index contributed by atoms with van der Waals surface area (Å²) < 4.78 is 39.9. The smallest absolute Gasteiger partial charge is 0.462 e. The Morgan fingerprint density at radius 2 is 1.35 bits per heavy atom. The van der Waals surface area contributed by atoms with Crippen molar-refractivity contribution < 1.29 is 62.1 Å². The first-order chi connectivity index (χ1) is 29.7. The van der Waals surface area contributed by atoms with E-state index in [0.717, 1.165) is 51.4 Å². The topological polar surface area (TPSA) is 178 Å². The van der Waals surface area contributed by atoms with Crippen LogP contribution in [0.1, 0.15) is 123 Å². The number of phosphoric acid groups is 1. The predicted molar refractivity (Wildman–Crippen MR) is 246 cm³/mol. The number of rotatable bonds is 35. The third kappa shape index (κ3) is 32.7. The van der Waals surface area contributed by atoms with Crippen LogP contribution in [0.25, 0.3) is 0 Å². The highest BCUT2D eigenvalue weighted by Crippen LogP contribution is 2.43. The summed E-state index contributed by atoms with van der Waals surface area (Å²) in [5.41, 5.74) is 0. The molecule has 62 heavy (non-hydrogen) atoms. The van der Waals surface area contributed by atoms with Crippen molar-refractivity contribution in [3.05, 3.63) is 85.1 Å². The van der Waals surface area contributed by atoms with Crippen molar-refractivity contribution in [2.75, 3.05) is 47.5 Å². The first-order valence-electron chi connectivity index (χ1n) is 22.7. The lowest BCUT2D eigenvalue weighted by molar-refractivity contribution is -0.870. The van der Waals surface area contributed by atoms with Gasteiger partial charge in [-0.1, -0.05) is 118 Å². The Morgan fingerprint density at radius 3 is 1.95 bits per heavy atom. The van der Waals surface area contributed by atoms with Crippen LogP contribution in [0.2, 0.25) is 0 Å². The van der Waals surface area contributed by atoms with E-state index in [1.54, 1.807) is 12.2 Å². The van der Waals surface area contributed by atoms with Crippen LogP contribution in [-0.2, 0) is 37.4 Å². The van der Waals surface area contributed by atoms with E-state index >= 15 is 0 Å². The lowest BCUT2D eigenvalue weighted by Gasteiger charge is -2.36. The molecule has 0 aromatic rings. The van der Waals surface area contributed by atoms with Crippen LogP contribution in [0.4, 0.5) is 0 Å². The molecule has 0 spiro atoms. The molecule has 0 amide bonds. The minimum atomic E-state index is -4.47. The van der Waals surface area contributed by atoms with Crippen molar-refractivity contribution >= 4 is 19.8 Å². The number of unbranched alkanes of at least 4 members (excludes halogenated alkanes) is 4. The number of phosphoric ester groups is 1. The van der Waals surface area contributed by atoms with Crippen LogP contribution >= 0.6 is 7.82 Å². The Kier molecular flexibility index (Phi) is 32.6. The largest absolute Gasteiger partial charge is 0.472 e. The minimum Gasteiger partial charge on any atom is -0.462 e. The molecule has 0 saturated carbocycles. The first-order valence-corrected chi connectivity index (χ1v) is 24.2. The zero-order valence-corrected chi connectivity index (χ0v) is 39.2. The Morgan fingerprint density at radius 1 is 0.774 bits per heavy atom. The molecule has 13 nitrogen and oxygen atoms in total. The summed E-state index contributed by atoms with van der Waals surface area (Å²) in [4.78, 5) is 35.6. The number of aliphatic hydroxyl groups excluding tert-OH is 3. The second-order valence-corrected chi connectivity index (χ2v) is 18.0. The molecular formula is C48H81NO12P+. The van der Waals surface area contributed by atoms with Gasteiger partial charge in [0.2, 0.25) is 0 Å². The zero-order valence-electron chi connectivity index (χ0n) is 38.3. The number of hydrogen-bond donors (Lipinski definition) is 4. The Labute approximate surface area is 373 Å². The maximum atomic E-state index is 12.7. The second-order valence-electron chi connectivity index (χ2n) is 16.6. The van der Waals surface area contributed by atoms with Gasteiger partial charge >= 0.3 is 19.8 Å². The quantitative estimate of drug-likeness (QED) is 0.0156. The maximum Gasteiger partial charge on any atom is 0.472 e. The average molecular weight is 895 g/mol. The van der Waals surface area contributed by atoms with Crippen molar-refractivity contribution in [3.63, 3.8) is 0 Å². The fourth-order valence-electron chi connectivity index (χ4n) is 6.09. The fraction of sp³-hybridized carbons (Fsp3) is 0.667. The highest BCUT2D eigenvalue weighted by molar-refractivity contribution is 7.47. The van der Waals surface area contributed by atoms with E-state index in [-0.39, 0.29) is 38.4 Å². The molecule has 0 radical (unpaired) electrons. The van der Waals surface area contributed by atoms with E-state index in [1.165, 1.54) is 0 Å². The monoisotopic (exact) mass is 895 g/mol. The SMILES string of the molecule is CC/C=C\C/C=C\C/C=C\C/C=C\C/C=C\CCCC(=O)O[C@H](COC(=O)CCC/C=C\C[C@H]1[C@@H](O)CC(O)O[C@@H]1/C=C/[C@@H](O)CCCCC)COP(=O)(O)OCC[N+](C)(C)C. The van der Waals surface area contributed by atoms with Gasteiger partial charge in [-0.15, -0.1) is 0 Å². The Hall–Kier alpha value is -2.97. The van der Waals surface area contributed by atoms with Crippen LogP contribution in [0.5, 0.6) is 0 Å². The summed E-state index contributed by atoms with van der Waals surface area (Å²) in [5, 5.41) is 31.0. The lowest BCUT2D eigenvalue weighted by atomic mass is 9.87. The molecule has 1 aliphatic rings. The highest BCUT2D eigenvalue weighted by atomic mass is 31.2. The second kappa shape index (κ2) is 35.4.